The lowest BCUT2D eigenvalue weighted by Crippen LogP contribution is -2.45. The van der Waals surface area contributed by atoms with Gasteiger partial charge >= 0.3 is 0 Å². The first-order chi connectivity index (χ1) is 20.7. The summed E-state index contributed by atoms with van der Waals surface area (Å²) in [6, 6.07) is -0.527. The fourth-order valence-corrected chi connectivity index (χ4v) is 6.13. The summed E-state index contributed by atoms with van der Waals surface area (Å²) >= 11 is 0. The quantitative estimate of drug-likeness (QED) is 0.0638. The molecule has 0 saturated heterocycles. The van der Waals surface area contributed by atoms with Gasteiger partial charge in [0.2, 0.25) is 5.91 Å². The molecular weight excluding hydrogens is 518 g/mol. The third-order valence-corrected chi connectivity index (χ3v) is 9.12. The third kappa shape index (κ3) is 30.8. The van der Waals surface area contributed by atoms with E-state index < -0.39 is 12.1 Å². The zero-order valence-corrected chi connectivity index (χ0v) is 28.8. The molecule has 2 atom stereocenters. The van der Waals surface area contributed by atoms with Crippen molar-refractivity contribution in [1.29, 1.82) is 0 Å². The van der Waals surface area contributed by atoms with Gasteiger partial charge in [-0.2, -0.15) is 0 Å². The molecule has 2 unspecified atom stereocenters. The van der Waals surface area contributed by atoms with Gasteiger partial charge in [0.25, 0.3) is 0 Å². The van der Waals surface area contributed by atoms with Crippen LogP contribution in [0.5, 0.6) is 0 Å². The van der Waals surface area contributed by atoms with Gasteiger partial charge in [0, 0.05) is 6.42 Å². The Morgan fingerprint density at radius 3 is 1.07 bits per heavy atom. The molecule has 0 fully saturated rings. The number of rotatable bonds is 35. The Balaban J connectivity index is 3.49. The summed E-state index contributed by atoms with van der Waals surface area (Å²) < 4.78 is 0. The maximum absolute atomic E-state index is 12.3. The highest BCUT2D eigenvalue weighted by Gasteiger charge is 2.19. The maximum atomic E-state index is 12.3. The van der Waals surface area contributed by atoms with Gasteiger partial charge in [-0.05, 0) is 12.8 Å². The van der Waals surface area contributed by atoms with Crippen LogP contribution in [-0.4, -0.2) is 34.9 Å². The average Bonchev–Trinajstić information content (AvgIpc) is 2.99. The molecule has 0 aromatic heterocycles. The van der Waals surface area contributed by atoms with E-state index in [2.05, 4.69) is 19.2 Å². The van der Waals surface area contributed by atoms with Gasteiger partial charge in [0.1, 0.15) is 0 Å². The van der Waals surface area contributed by atoms with Crippen LogP contribution in [0.3, 0.4) is 0 Å². The van der Waals surface area contributed by atoms with E-state index in [1.165, 1.54) is 167 Å². The molecule has 42 heavy (non-hydrogen) atoms. The number of nitrogens with one attached hydrogen (secondary N) is 1. The van der Waals surface area contributed by atoms with Crippen molar-refractivity contribution < 1.29 is 15.0 Å². The molecule has 0 aliphatic carbocycles. The summed E-state index contributed by atoms with van der Waals surface area (Å²) in [5, 5.41) is 23.0. The molecule has 0 saturated carbocycles. The lowest BCUT2D eigenvalue weighted by Gasteiger charge is -2.22. The van der Waals surface area contributed by atoms with Crippen molar-refractivity contribution in [3.63, 3.8) is 0 Å². The summed E-state index contributed by atoms with van der Waals surface area (Å²) in [6.45, 7) is 4.36. The Morgan fingerprint density at radius 2 is 0.762 bits per heavy atom. The summed E-state index contributed by atoms with van der Waals surface area (Å²) in [7, 11) is 0. The highest BCUT2D eigenvalue weighted by molar-refractivity contribution is 5.76. The fraction of sp³-hybridized carbons (Fsp3) is 0.974. The second kappa shape index (κ2) is 34.9. The Kier molecular flexibility index (Phi) is 34.4. The number of hydrogen-bond donors (Lipinski definition) is 3. The smallest absolute Gasteiger partial charge is 0.220 e. The second-order valence-corrected chi connectivity index (χ2v) is 13.4. The molecule has 0 heterocycles. The molecule has 3 N–H and O–H groups in total. The Labute approximate surface area is 264 Å². The van der Waals surface area contributed by atoms with Gasteiger partial charge in [-0.3, -0.25) is 4.79 Å². The van der Waals surface area contributed by atoms with Gasteiger partial charge in [-0.15, -0.1) is 0 Å². The molecule has 0 aliphatic heterocycles. The molecule has 0 bridgehead atoms. The third-order valence-electron chi connectivity index (χ3n) is 9.12. The minimum atomic E-state index is -0.651. The van der Waals surface area contributed by atoms with E-state index in [4.69, 9.17) is 0 Å². The Hall–Kier alpha value is -0.610. The van der Waals surface area contributed by atoms with Crippen LogP contribution in [0.4, 0.5) is 0 Å². The number of aliphatic hydroxyl groups is 2. The number of amides is 1. The van der Waals surface area contributed by atoms with E-state index in [-0.39, 0.29) is 12.5 Å². The molecule has 4 heteroatoms. The van der Waals surface area contributed by atoms with Crippen LogP contribution in [0.25, 0.3) is 0 Å². The molecule has 0 aromatic rings. The molecule has 1 amide bonds. The molecule has 0 aromatic carbocycles. The predicted molar refractivity (Wildman–Crippen MR) is 184 cm³/mol. The van der Waals surface area contributed by atoms with Gasteiger partial charge in [-0.1, -0.05) is 200 Å². The van der Waals surface area contributed by atoms with Crippen LogP contribution in [0.15, 0.2) is 0 Å². The molecule has 252 valence electrons. The lowest BCUT2D eigenvalue weighted by molar-refractivity contribution is -0.123. The minimum absolute atomic E-state index is 0.0284. The van der Waals surface area contributed by atoms with E-state index in [0.717, 1.165) is 25.7 Å². The summed E-state index contributed by atoms with van der Waals surface area (Å²) in [4.78, 5) is 12.3. The largest absolute Gasteiger partial charge is 0.394 e. The van der Waals surface area contributed by atoms with E-state index in [9.17, 15) is 15.0 Å². The number of carbonyl (C=O) groups is 1. The van der Waals surface area contributed by atoms with Crippen LogP contribution in [-0.2, 0) is 4.79 Å². The monoisotopic (exact) mass is 596 g/mol. The van der Waals surface area contributed by atoms with Crippen molar-refractivity contribution in [2.24, 2.45) is 0 Å². The number of hydrogen-bond acceptors (Lipinski definition) is 3. The van der Waals surface area contributed by atoms with Gasteiger partial charge < -0.3 is 15.5 Å². The van der Waals surface area contributed by atoms with E-state index in [1.54, 1.807) is 0 Å². The SMILES string of the molecule is CCCCCCCCCCCCCCCCCCCCC(=O)NC(CO)C(O)CCCCCCCCCCCCCC. The first-order valence-corrected chi connectivity index (χ1v) is 19.2. The lowest BCUT2D eigenvalue weighted by atomic mass is 10.0. The van der Waals surface area contributed by atoms with E-state index in [0.29, 0.717) is 12.8 Å². The van der Waals surface area contributed by atoms with Gasteiger partial charge in [-0.25, -0.2) is 0 Å². The van der Waals surface area contributed by atoms with Crippen molar-refractivity contribution >= 4 is 5.91 Å². The predicted octanol–water partition coefficient (Wildman–Crippen LogP) is 11.3. The van der Waals surface area contributed by atoms with Crippen LogP contribution >= 0.6 is 0 Å². The Bertz CT molecular complexity index is 526. The van der Waals surface area contributed by atoms with Gasteiger partial charge in [0.15, 0.2) is 0 Å². The van der Waals surface area contributed by atoms with Crippen molar-refractivity contribution in [1.82, 2.24) is 5.32 Å². The molecule has 0 aliphatic rings. The molecule has 0 spiro atoms. The maximum Gasteiger partial charge on any atom is 0.220 e. The van der Waals surface area contributed by atoms with Crippen molar-refractivity contribution in [2.75, 3.05) is 6.61 Å². The average molecular weight is 596 g/mol. The van der Waals surface area contributed by atoms with Gasteiger partial charge in [0.05, 0.1) is 18.8 Å². The molecular formula is C38H77NO3. The first kappa shape index (κ1) is 41.4. The van der Waals surface area contributed by atoms with Crippen LogP contribution < -0.4 is 5.32 Å². The van der Waals surface area contributed by atoms with Crippen LogP contribution in [0.1, 0.15) is 219 Å². The zero-order valence-electron chi connectivity index (χ0n) is 28.8. The number of aliphatic hydroxyl groups excluding tert-OH is 2. The zero-order chi connectivity index (χ0) is 30.8. The normalized spacial score (nSPS) is 13.0. The molecule has 4 nitrogen and oxygen atoms in total. The highest BCUT2D eigenvalue weighted by Crippen LogP contribution is 2.16. The second-order valence-electron chi connectivity index (χ2n) is 13.4. The van der Waals surface area contributed by atoms with Crippen LogP contribution in [0, 0.1) is 0 Å². The summed E-state index contributed by atoms with van der Waals surface area (Å²) in [5.74, 6) is -0.0284. The Morgan fingerprint density at radius 1 is 0.476 bits per heavy atom. The van der Waals surface area contributed by atoms with Crippen LogP contribution in [0.2, 0.25) is 0 Å². The molecule has 0 radical (unpaired) electrons. The van der Waals surface area contributed by atoms with E-state index >= 15 is 0 Å². The highest BCUT2D eigenvalue weighted by atomic mass is 16.3. The standard InChI is InChI=1S/C38H77NO3/c1-3-5-7-9-11-13-15-17-18-19-20-21-22-24-26-28-30-32-34-38(42)39-36(35-40)37(41)33-31-29-27-25-23-16-14-12-10-8-6-4-2/h36-37,40-41H,3-35H2,1-2H3,(H,39,42). The summed E-state index contributed by atoms with van der Waals surface area (Å²) in [5.41, 5.74) is 0. The summed E-state index contributed by atoms with van der Waals surface area (Å²) in [6.07, 6.45) is 40.2. The number of unbranched alkanes of at least 4 members (excludes halogenated alkanes) is 28. The number of carbonyl (C=O) groups excluding carboxylic acids is 1. The van der Waals surface area contributed by atoms with Crippen molar-refractivity contribution in [2.45, 2.75) is 231 Å². The first-order valence-electron chi connectivity index (χ1n) is 19.2. The van der Waals surface area contributed by atoms with E-state index in [1.807, 2.05) is 0 Å². The van der Waals surface area contributed by atoms with Crippen molar-refractivity contribution in [3.8, 4) is 0 Å². The topological polar surface area (TPSA) is 69.6 Å². The molecule has 0 rings (SSSR count). The minimum Gasteiger partial charge on any atom is -0.394 e. The van der Waals surface area contributed by atoms with Crippen molar-refractivity contribution in [3.05, 3.63) is 0 Å². The fourth-order valence-electron chi connectivity index (χ4n) is 6.13.